The number of benzene rings is 1. The van der Waals surface area contributed by atoms with Gasteiger partial charge in [0, 0.05) is 29.7 Å². The Hall–Kier alpha value is -1.85. The Bertz CT molecular complexity index is 637. The molecule has 0 atom stereocenters. The summed E-state index contributed by atoms with van der Waals surface area (Å²) >= 11 is 1.54. The highest BCUT2D eigenvalue weighted by Crippen LogP contribution is 2.25. The Labute approximate surface area is 121 Å². The van der Waals surface area contributed by atoms with Crippen LogP contribution in [0.2, 0.25) is 0 Å². The predicted octanol–water partition coefficient (Wildman–Crippen LogP) is 2.79. The molecule has 5 heteroatoms. The van der Waals surface area contributed by atoms with Crippen molar-refractivity contribution in [3.8, 4) is 5.75 Å². The second-order valence-electron chi connectivity index (χ2n) is 4.77. The van der Waals surface area contributed by atoms with Crippen molar-refractivity contribution >= 4 is 22.9 Å². The normalized spacial score (nSPS) is 14.1. The van der Waals surface area contributed by atoms with Crippen LogP contribution in [-0.2, 0) is 6.54 Å². The summed E-state index contributed by atoms with van der Waals surface area (Å²) in [5.41, 5.74) is 3.61. The number of hydrogen-bond donors (Lipinski definition) is 2. The van der Waals surface area contributed by atoms with E-state index in [2.05, 4.69) is 10.6 Å². The van der Waals surface area contributed by atoms with Crippen LogP contribution in [0.3, 0.4) is 0 Å². The summed E-state index contributed by atoms with van der Waals surface area (Å²) in [6.07, 6.45) is 0. The summed E-state index contributed by atoms with van der Waals surface area (Å²) in [6, 6.07) is 5.76. The lowest BCUT2D eigenvalue weighted by Crippen LogP contribution is -2.16. The summed E-state index contributed by atoms with van der Waals surface area (Å²) in [6.45, 7) is 4.22. The number of ether oxygens (including phenoxy) is 1. The molecule has 0 bridgehead atoms. The Morgan fingerprint density at radius 1 is 1.40 bits per heavy atom. The van der Waals surface area contributed by atoms with E-state index in [0.29, 0.717) is 6.61 Å². The largest absolute Gasteiger partial charge is 0.492 e. The number of carbonyl (C=O) groups is 1. The summed E-state index contributed by atoms with van der Waals surface area (Å²) in [5.74, 6) is 0.825. The lowest BCUT2D eigenvalue weighted by atomic mass is 10.1. The minimum atomic E-state index is -0.0637. The zero-order valence-electron chi connectivity index (χ0n) is 11.2. The molecular weight excluding hydrogens is 272 g/mol. The maximum absolute atomic E-state index is 12.2. The highest BCUT2D eigenvalue weighted by molar-refractivity contribution is 7.08. The summed E-state index contributed by atoms with van der Waals surface area (Å²) in [7, 11) is 0. The van der Waals surface area contributed by atoms with Gasteiger partial charge < -0.3 is 15.4 Å². The molecule has 1 aliphatic rings. The van der Waals surface area contributed by atoms with Gasteiger partial charge in [0.2, 0.25) is 0 Å². The van der Waals surface area contributed by atoms with Crippen LogP contribution >= 0.6 is 11.3 Å². The van der Waals surface area contributed by atoms with Crippen molar-refractivity contribution in [2.24, 2.45) is 0 Å². The molecule has 0 unspecified atom stereocenters. The molecule has 0 spiro atoms. The zero-order valence-corrected chi connectivity index (χ0v) is 12.0. The molecule has 104 valence electrons. The van der Waals surface area contributed by atoms with Crippen molar-refractivity contribution in [3.05, 3.63) is 45.6 Å². The zero-order chi connectivity index (χ0) is 13.9. The van der Waals surface area contributed by atoms with Gasteiger partial charge in [-0.2, -0.15) is 11.3 Å². The monoisotopic (exact) mass is 288 g/mol. The highest BCUT2D eigenvalue weighted by Gasteiger charge is 2.13. The molecule has 1 aromatic carbocycles. The number of thiophene rings is 1. The fourth-order valence-electron chi connectivity index (χ4n) is 2.18. The van der Waals surface area contributed by atoms with E-state index in [4.69, 9.17) is 4.74 Å². The second kappa shape index (κ2) is 5.64. The van der Waals surface area contributed by atoms with Gasteiger partial charge in [0.1, 0.15) is 12.4 Å². The van der Waals surface area contributed by atoms with E-state index in [9.17, 15) is 4.79 Å². The molecule has 1 aromatic heterocycles. The highest BCUT2D eigenvalue weighted by atomic mass is 32.1. The number of rotatable bonds is 2. The van der Waals surface area contributed by atoms with Gasteiger partial charge >= 0.3 is 0 Å². The quantitative estimate of drug-likeness (QED) is 0.893. The maximum Gasteiger partial charge on any atom is 0.256 e. The number of amides is 1. The van der Waals surface area contributed by atoms with Crippen LogP contribution in [0.15, 0.2) is 29.0 Å². The molecule has 3 rings (SSSR count). The molecule has 1 amide bonds. The summed E-state index contributed by atoms with van der Waals surface area (Å²) in [5, 5.41) is 10.1. The SMILES string of the molecule is Cc1cscc1C(=O)Nc1ccc2c(c1)CNCCO2. The van der Waals surface area contributed by atoms with Crippen LogP contribution in [0, 0.1) is 6.92 Å². The molecule has 2 aromatic rings. The van der Waals surface area contributed by atoms with Gasteiger partial charge in [0.15, 0.2) is 0 Å². The number of anilines is 1. The van der Waals surface area contributed by atoms with Gasteiger partial charge in [-0.3, -0.25) is 4.79 Å². The van der Waals surface area contributed by atoms with Crippen molar-refractivity contribution in [1.29, 1.82) is 0 Å². The molecular formula is C15H16N2O2S. The van der Waals surface area contributed by atoms with E-state index >= 15 is 0 Å². The third-order valence-electron chi connectivity index (χ3n) is 3.27. The third-order valence-corrected chi connectivity index (χ3v) is 4.13. The fraction of sp³-hybridized carbons (Fsp3) is 0.267. The summed E-state index contributed by atoms with van der Waals surface area (Å²) < 4.78 is 5.63. The van der Waals surface area contributed by atoms with Crippen LogP contribution in [0.25, 0.3) is 0 Å². The van der Waals surface area contributed by atoms with Crippen molar-refractivity contribution in [2.75, 3.05) is 18.5 Å². The first-order valence-corrected chi connectivity index (χ1v) is 7.49. The van der Waals surface area contributed by atoms with E-state index < -0.39 is 0 Å². The van der Waals surface area contributed by atoms with Crippen molar-refractivity contribution in [2.45, 2.75) is 13.5 Å². The number of carbonyl (C=O) groups excluding carboxylic acids is 1. The van der Waals surface area contributed by atoms with Crippen molar-refractivity contribution in [1.82, 2.24) is 5.32 Å². The van der Waals surface area contributed by atoms with Crippen molar-refractivity contribution in [3.63, 3.8) is 0 Å². The van der Waals surface area contributed by atoms with E-state index in [0.717, 1.165) is 41.2 Å². The maximum atomic E-state index is 12.2. The van der Waals surface area contributed by atoms with E-state index in [1.165, 1.54) is 11.3 Å². The molecule has 0 aliphatic carbocycles. The number of aryl methyl sites for hydroxylation is 1. The van der Waals surface area contributed by atoms with Gasteiger partial charge in [0.05, 0.1) is 5.56 Å². The molecule has 20 heavy (non-hydrogen) atoms. The smallest absolute Gasteiger partial charge is 0.256 e. The standard InChI is InChI=1S/C15H16N2O2S/c1-10-8-20-9-13(10)15(18)17-12-2-3-14-11(6-12)7-16-4-5-19-14/h2-3,6,8-9,16H,4-5,7H2,1H3,(H,17,18). The Morgan fingerprint density at radius 2 is 2.30 bits per heavy atom. The topological polar surface area (TPSA) is 50.4 Å². The van der Waals surface area contributed by atoms with Crippen LogP contribution < -0.4 is 15.4 Å². The van der Waals surface area contributed by atoms with Gasteiger partial charge in [-0.05, 0) is 36.1 Å². The Kier molecular flexibility index (Phi) is 3.71. The molecule has 0 fully saturated rings. The third kappa shape index (κ3) is 2.69. The summed E-state index contributed by atoms with van der Waals surface area (Å²) in [4.78, 5) is 12.2. The first-order valence-electron chi connectivity index (χ1n) is 6.54. The van der Waals surface area contributed by atoms with Gasteiger partial charge in [-0.25, -0.2) is 0 Å². The van der Waals surface area contributed by atoms with Crippen LogP contribution in [0.1, 0.15) is 21.5 Å². The lowest BCUT2D eigenvalue weighted by molar-refractivity contribution is 0.102. The van der Waals surface area contributed by atoms with Gasteiger partial charge in [0.25, 0.3) is 5.91 Å². The molecule has 0 saturated carbocycles. The number of fused-ring (bicyclic) bond motifs is 1. The van der Waals surface area contributed by atoms with Crippen molar-refractivity contribution < 1.29 is 9.53 Å². The molecule has 0 radical (unpaired) electrons. The number of hydrogen-bond acceptors (Lipinski definition) is 4. The average Bonchev–Trinajstić information content (AvgIpc) is 2.73. The molecule has 2 N–H and O–H groups in total. The number of nitrogens with one attached hydrogen (secondary N) is 2. The predicted molar refractivity (Wildman–Crippen MR) is 80.7 cm³/mol. The van der Waals surface area contributed by atoms with E-state index in [1.54, 1.807) is 0 Å². The Balaban J connectivity index is 1.80. The van der Waals surface area contributed by atoms with E-state index in [1.807, 2.05) is 35.9 Å². The second-order valence-corrected chi connectivity index (χ2v) is 5.51. The molecule has 0 saturated heterocycles. The van der Waals surface area contributed by atoms with Gasteiger partial charge in [-0.15, -0.1) is 0 Å². The molecule has 4 nitrogen and oxygen atoms in total. The fourth-order valence-corrected chi connectivity index (χ4v) is 3.01. The first-order chi connectivity index (χ1) is 9.74. The average molecular weight is 288 g/mol. The Morgan fingerprint density at radius 3 is 3.10 bits per heavy atom. The molecule has 2 heterocycles. The lowest BCUT2D eigenvalue weighted by Gasteiger charge is -2.10. The minimum absolute atomic E-state index is 0.0637. The minimum Gasteiger partial charge on any atom is -0.492 e. The van der Waals surface area contributed by atoms with Crippen LogP contribution in [0.5, 0.6) is 5.75 Å². The molecule has 1 aliphatic heterocycles. The van der Waals surface area contributed by atoms with Crippen LogP contribution in [0.4, 0.5) is 5.69 Å². The van der Waals surface area contributed by atoms with E-state index in [-0.39, 0.29) is 5.91 Å². The van der Waals surface area contributed by atoms with Crippen LogP contribution in [-0.4, -0.2) is 19.1 Å². The first kappa shape index (κ1) is 13.1. The van der Waals surface area contributed by atoms with Gasteiger partial charge in [-0.1, -0.05) is 0 Å².